The maximum atomic E-state index is 11.5. The summed E-state index contributed by atoms with van der Waals surface area (Å²) in [5.41, 5.74) is 0. The second kappa shape index (κ2) is 4.09. The van der Waals surface area contributed by atoms with Crippen LogP contribution in [0.2, 0.25) is 0 Å². The summed E-state index contributed by atoms with van der Waals surface area (Å²) in [6.07, 6.45) is 1.26. The van der Waals surface area contributed by atoms with Gasteiger partial charge < -0.3 is 10.0 Å². The summed E-state index contributed by atoms with van der Waals surface area (Å²) in [7, 11) is 0. The number of rotatable bonds is 1. The van der Waals surface area contributed by atoms with Crippen molar-refractivity contribution in [2.45, 2.75) is 45.8 Å². The average Bonchev–Trinajstić information content (AvgIpc) is 2.03. The molecule has 0 radical (unpaired) electrons. The molecule has 0 aliphatic carbocycles. The van der Waals surface area contributed by atoms with Crippen molar-refractivity contribution in [2.75, 3.05) is 6.54 Å². The molecule has 0 aromatic carbocycles. The highest BCUT2D eigenvalue weighted by Gasteiger charge is 2.28. The number of piperidine rings is 1. The molecule has 1 aliphatic heterocycles. The van der Waals surface area contributed by atoms with Gasteiger partial charge in [-0.2, -0.15) is 0 Å². The van der Waals surface area contributed by atoms with Gasteiger partial charge in [0.15, 0.2) is 0 Å². The molecule has 3 nitrogen and oxygen atoms in total. The molecule has 1 aliphatic rings. The number of nitrogens with zero attached hydrogens (tertiary/aromatic N) is 1. The standard InChI is InChI=1S/C10H19NO2/c1-7-4-5-11(8(2)6-7)10(13)9(3)12/h7-9,12H,4-6H2,1-3H3. The van der Waals surface area contributed by atoms with Gasteiger partial charge in [0.2, 0.25) is 0 Å². The molecule has 1 heterocycles. The van der Waals surface area contributed by atoms with Crippen molar-refractivity contribution >= 4 is 5.91 Å². The molecule has 1 N–H and O–H groups in total. The SMILES string of the molecule is CC1CCN(C(=O)C(C)O)C(C)C1. The molecule has 3 unspecified atom stereocenters. The Morgan fingerprint density at radius 2 is 2.15 bits per heavy atom. The van der Waals surface area contributed by atoms with Gasteiger partial charge in [-0.3, -0.25) is 4.79 Å². The molecule has 0 aromatic rings. The maximum Gasteiger partial charge on any atom is 0.251 e. The van der Waals surface area contributed by atoms with Crippen molar-refractivity contribution in [3.63, 3.8) is 0 Å². The van der Waals surface area contributed by atoms with Gasteiger partial charge in [-0.05, 0) is 32.6 Å². The largest absolute Gasteiger partial charge is 0.384 e. The minimum atomic E-state index is -0.851. The molecule has 1 rings (SSSR count). The minimum absolute atomic E-state index is 0.126. The molecular formula is C10H19NO2. The Balaban J connectivity index is 2.56. The van der Waals surface area contributed by atoms with Crippen molar-refractivity contribution in [1.29, 1.82) is 0 Å². The molecule has 3 heteroatoms. The first-order chi connectivity index (χ1) is 6.02. The number of amides is 1. The van der Waals surface area contributed by atoms with Crippen molar-refractivity contribution in [3.05, 3.63) is 0 Å². The predicted molar refractivity (Wildman–Crippen MR) is 51.3 cm³/mol. The van der Waals surface area contributed by atoms with Crippen LogP contribution in [0.1, 0.15) is 33.6 Å². The Labute approximate surface area is 79.7 Å². The van der Waals surface area contributed by atoms with Gasteiger partial charge >= 0.3 is 0 Å². The number of aliphatic hydroxyl groups is 1. The lowest BCUT2D eigenvalue weighted by Crippen LogP contribution is -2.47. The van der Waals surface area contributed by atoms with E-state index in [2.05, 4.69) is 13.8 Å². The molecular weight excluding hydrogens is 166 g/mol. The fraction of sp³-hybridized carbons (Fsp3) is 0.900. The molecule has 1 saturated heterocycles. The van der Waals surface area contributed by atoms with E-state index in [4.69, 9.17) is 5.11 Å². The number of hydrogen-bond donors (Lipinski definition) is 1. The number of carbonyl (C=O) groups excluding carboxylic acids is 1. The zero-order valence-electron chi connectivity index (χ0n) is 8.66. The molecule has 3 atom stereocenters. The van der Waals surface area contributed by atoms with E-state index in [-0.39, 0.29) is 11.9 Å². The molecule has 13 heavy (non-hydrogen) atoms. The van der Waals surface area contributed by atoms with Crippen molar-refractivity contribution in [1.82, 2.24) is 4.90 Å². The van der Waals surface area contributed by atoms with Crippen LogP contribution >= 0.6 is 0 Å². The molecule has 0 aromatic heterocycles. The van der Waals surface area contributed by atoms with Crippen LogP contribution in [0, 0.1) is 5.92 Å². The van der Waals surface area contributed by atoms with Crippen LogP contribution in [-0.2, 0) is 4.79 Å². The smallest absolute Gasteiger partial charge is 0.251 e. The Hall–Kier alpha value is -0.570. The zero-order chi connectivity index (χ0) is 10.0. The van der Waals surface area contributed by atoms with E-state index in [0.29, 0.717) is 5.92 Å². The van der Waals surface area contributed by atoms with E-state index in [1.165, 1.54) is 6.92 Å². The van der Waals surface area contributed by atoms with Gasteiger partial charge in [0.1, 0.15) is 6.10 Å². The van der Waals surface area contributed by atoms with Crippen molar-refractivity contribution < 1.29 is 9.90 Å². The molecule has 76 valence electrons. The first kappa shape index (κ1) is 10.5. The maximum absolute atomic E-state index is 11.5. The number of likely N-dealkylation sites (tertiary alicyclic amines) is 1. The third kappa shape index (κ3) is 2.44. The number of hydrogen-bond acceptors (Lipinski definition) is 2. The van der Waals surface area contributed by atoms with Gasteiger partial charge in [0.25, 0.3) is 5.91 Å². The van der Waals surface area contributed by atoms with E-state index in [0.717, 1.165) is 19.4 Å². The predicted octanol–water partition coefficient (Wildman–Crippen LogP) is 1.01. The van der Waals surface area contributed by atoms with E-state index in [1.807, 2.05) is 0 Å². The number of aliphatic hydroxyl groups excluding tert-OH is 1. The summed E-state index contributed by atoms with van der Waals surface area (Å²) in [5, 5.41) is 9.17. The van der Waals surface area contributed by atoms with E-state index in [9.17, 15) is 4.79 Å². The quantitative estimate of drug-likeness (QED) is 0.662. The third-order valence-corrected chi connectivity index (χ3v) is 2.78. The molecule has 1 fully saturated rings. The van der Waals surface area contributed by atoms with Crippen LogP contribution < -0.4 is 0 Å². The van der Waals surface area contributed by atoms with E-state index < -0.39 is 6.10 Å². The van der Waals surface area contributed by atoms with Crippen molar-refractivity contribution in [3.8, 4) is 0 Å². The van der Waals surface area contributed by atoms with Crippen LogP contribution in [0.4, 0.5) is 0 Å². The minimum Gasteiger partial charge on any atom is -0.384 e. The summed E-state index contributed by atoms with van der Waals surface area (Å²) < 4.78 is 0. The van der Waals surface area contributed by atoms with E-state index >= 15 is 0 Å². The van der Waals surface area contributed by atoms with Gasteiger partial charge in [-0.1, -0.05) is 6.92 Å². The lowest BCUT2D eigenvalue weighted by Gasteiger charge is -2.37. The monoisotopic (exact) mass is 185 g/mol. The first-order valence-corrected chi connectivity index (χ1v) is 5.01. The normalized spacial score (nSPS) is 31.5. The second-order valence-corrected chi connectivity index (χ2v) is 4.19. The fourth-order valence-corrected chi connectivity index (χ4v) is 1.97. The Morgan fingerprint density at radius 3 is 2.62 bits per heavy atom. The lowest BCUT2D eigenvalue weighted by atomic mass is 9.93. The Morgan fingerprint density at radius 1 is 1.54 bits per heavy atom. The lowest BCUT2D eigenvalue weighted by molar-refractivity contribution is -0.143. The van der Waals surface area contributed by atoms with Crippen LogP contribution in [0.5, 0.6) is 0 Å². The van der Waals surface area contributed by atoms with Crippen molar-refractivity contribution in [2.24, 2.45) is 5.92 Å². The summed E-state index contributed by atoms with van der Waals surface area (Å²) in [5.74, 6) is 0.576. The summed E-state index contributed by atoms with van der Waals surface area (Å²) in [6, 6.07) is 0.283. The average molecular weight is 185 g/mol. The van der Waals surface area contributed by atoms with Crippen LogP contribution in [-0.4, -0.2) is 34.6 Å². The molecule has 0 spiro atoms. The summed E-state index contributed by atoms with van der Waals surface area (Å²) in [4.78, 5) is 13.3. The Kier molecular flexibility index (Phi) is 3.31. The molecule has 0 saturated carbocycles. The topological polar surface area (TPSA) is 40.5 Å². The van der Waals surface area contributed by atoms with Gasteiger partial charge in [0, 0.05) is 12.6 Å². The van der Waals surface area contributed by atoms with Gasteiger partial charge in [-0.15, -0.1) is 0 Å². The molecule has 0 bridgehead atoms. The summed E-state index contributed by atoms with van der Waals surface area (Å²) in [6.45, 7) is 6.59. The number of carbonyl (C=O) groups is 1. The highest BCUT2D eigenvalue weighted by molar-refractivity contribution is 5.80. The van der Waals surface area contributed by atoms with Crippen LogP contribution in [0.3, 0.4) is 0 Å². The van der Waals surface area contributed by atoms with Gasteiger partial charge in [0.05, 0.1) is 0 Å². The third-order valence-electron chi connectivity index (χ3n) is 2.78. The Bertz CT molecular complexity index is 191. The first-order valence-electron chi connectivity index (χ1n) is 5.01. The fourth-order valence-electron chi connectivity index (χ4n) is 1.97. The highest BCUT2D eigenvalue weighted by atomic mass is 16.3. The van der Waals surface area contributed by atoms with Gasteiger partial charge in [-0.25, -0.2) is 0 Å². The summed E-state index contributed by atoms with van der Waals surface area (Å²) >= 11 is 0. The second-order valence-electron chi connectivity index (χ2n) is 4.19. The van der Waals surface area contributed by atoms with Crippen LogP contribution in [0.25, 0.3) is 0 Å². The highest BCUT2D eigenvalue weighted by Crippen LogP contribution is 2.22. The zero-order valence-corrected chi connectivity index (χ0v) is 8.66. The van der Waals surface area contributed by atoms with Crippen LogP contribution in [0.15, 0.2) is 0 Å². The molecule has 1 amide bonds. The van der Waals surface area contributed by atoms with E-state index in [1.54, 1.807) is 4.90 Å².